The van der Waals surface area contributed by atoms with Gasteiger partial charge >= 0.3 is 62.4 Å². The van der Waals surface area contributed by atoms with Crippen molar-refractivity contribution in [2.75, 3.05) is 41.1 Å². The molecule has 0 N–H and O–H groups in total. The Morgan fingerprint density at radius 2 is 0.800 bits per heavy atom. The third kappa shape index (κ3) is 69.5. The van der Waals surface area contributed by atoms with Gasteiger partial charge in [0.2, 0.25) is 0 Å². The average molecular weight is 872 g/mol. The molecule has 0 spiro atoms. The van der Waals surface area contributed by atoms with E-state index in [1.807, 2.05) is 6.92 Å². The van der Waals surface area contributed by atoms with Gasteiger partial charge in [0.1, 0.15) is 0 Å². The van der Waals surface area contributed by atoms with Crippen LogP contribution in [-0.2, 0) is 23.9 Å². The standard InChI is InChI=1S/3C11H22O2S.C5H9O2.Sn/c3*1-10(2)6-4-3-5-8-14-9-7-11(12)13;1-3-5(6)7-4-2;/h3*10H,3-9H2,1-2H3,(H,12,13);1,3-4H2,2H3;/q;;;;+3/p-3. The van der Waals surface area contributed by atoms with E-state index < -0.39 is 17.9 Å². The number of aliphatic carboxylic acids is 3. The molecule has 0 saturated carbocycles. The quantitative estimate of drug-likeness (QED) is 0.0429. The summed E-state index contributed by atoms with van der Waals surface area (Å²) in [6.07, 6.45) is 16.5. The number of rotatable bonds is 30. The van der Waals surface area contributed by atoms with Crippen LogP contribution in [-0.4, -0.2) is 87.5 Å². The molecule has 0 saturated heterocycles. The molecular weight excluding hydrogens is 799 g/mol. The zero-order valence-corrected chi connectivity index (χ0v) is 38.0. The van der Waals surface area contributed by atoms with Gasteiger partial charge in [-0.1, -0.05) is 99.3 Å². The van der Waals surface area contributed by atoms with Gasteiger partial charge in [0, 0.05) is 17.9 Å². The van der Waals surface area contributed by atoms with Gasteiger partial charge in [-0.25, -0.2) is 0 Å². The van der Waals surface area contributed by atoms with Crippen molar-refractivity contribution >= 4 is 81.7 Å². The first-order valence-electron chi connectivity index (χ1n) is 18.8. The van der Waals surface area contributed by atoms with E-state index in [9.17, 15) is 34.5 Å². The Balaban J connectivity index is -0.000000287. The van der Waals surface area contributed by atoms with Crippen molar-refractivity contribution in [2.45, 2.75) is 156 Å². The van der Waals surface area contributed by atoms with E-state index in [-0.39, 0.29) is 25.2 Å². The molecule has 0 aliphatic rings. The molecule has 0 aromatic carbocycles. The van der Waals surface area contributed by atoms with Crippen LogP contribution in [0.3, 0.4) is 0 Å². The van der Waals surface area contributed by atoms with Gasteiger partial charge in [-0.3, -0.25) is 0 Å². The molecule has 294 valence electrons. The summed E-state index contributed by atoms with van der Waals surface area (Å²) in [5.74, 6) is 4.92. The van der Waals surface area contributed by atoms with E-state index in [0.29, 0.717) is 30.3 Å². The zero-order valence-electron chi connectivity index (χ0n) is 32.7. The van der Waals surface area contributed by atoms with E-state index >= 15 is 0 Å². The number of thioether (sulfide) groups is 3. The molecule has 50 heavy (non-hydrogen) atoms. The maximum atomic E-state index is 10.4. The molecule has 0 rings (SSSR count). The zero-order chi connectivity index (χ0) is 38.8. The first kappa shape index (κ1) is 56.5. The average Bonchev–Trinajstić information content (AvgIpc) is 3.01. The number of carboxylic acids is 3. The van der Waals surface area contributed by atoms with Crippen LogP contribution < -0.4 is 15.3 Å². The van der Waals surface area contributed by atoms with Crippen molar-refractivity contribution < 1.29 is 39.2 Å². The summed E-state index contributed by atoms with van der Waals surface area (Å²) in [7, 11) is 0. The molecule has 0 aliphatic carbocycles. The summed E-state index contributed by atoms with van der Waals surface area (Å²) in [5.41, 5.74) is 0. The van der Waals surface area contributed by atoms with Crippen molar-refractivity contribution in [3.05, 3.63) is 0 Å². The normalized spacial score (nSPS) is 10.5. The maximum absolute atomic E-state index is 10.4. The van der Waals surface area contributed by atoms with Crippen LogP contribution in [0.5, 0.6) is 0 Å². The van der Waals surface area contributed by atoms with Crippen LogP contribution in [0.25, 0.3) is 0 Å². The second-order valence-electron chi connectivity index (χ2n) is 13.2. The molecule has 0 atom stereocenters. The third-order valence-corrected chi connectivity index (χ3v) is 10.6. The van der Waals surface area contributed by atoms with Crippen LogP contribution in [0, 0.1) is 17.8 Å². The second kappa shape index (κ2) is 46.7. The fourth-order valence-electron chi connectivity index (χ4n) is 3.91. The summed E-state index contributed by atoms with van der Waals surface area (Å²) >= 11 is 6.56. The van der Waals surface area contributed by atoms with Crippen molar-refractivity contribution in [2.24, 2.45) is 17.8 Å². The number of esters is 1. The first-order valence-corrected chi connectivity index (χ1v) is 24.3. The SMILES string of the molecule is CC(C)CCCCCSCCC(=O)[O-].CC(C)CCCCCSCCC(=O)[O-].CC(C)CCCCCSCCC(=O)[O-].CCOC(=O)C[CH2][Sn+3]. The van der Waals surface area contributed by atoms with Crippen molar-refractivity contribution in [3.8, 4) is 0 Å². The molecule has 0 unspecified atom stereocenters. The second-order valence-corrected chi connectivity index (χ2v) is 18.3. The Bertz CT molecular complexity index is 667. The van der Waals surface area contributed by atoms with Gasteiger partial charge in [-0.2, -0.15) is 35.3 Å². The van der Waals surface area contributed by atoms with Crippen LogP contribution in [0.15, 0.2) is 0 Å². The topological polar surface area (TPSA) is 147 Å². The Kier molecular flexibility index (Phi) is 52.8. The van der Waals surface area contributed by atoms with E-state index in [1.165, 1.54) is 99.6 Å². The number of carbonyl (C=O) groups excluding carboxylic acids is 4. The van der Waals surface area contributed by atoms with Crippen molar-refractivity contribution in [1.29, 1.82) is 0 Å². The van der Waals surface area contributed by atoms with Crippen molar-refractivity contribution in [3.63, 3.8) is 0 Å². The number of hydrogen-bond donors (Lipinski definition) is 0. The first-order chi connectivity index (χ1) is 23.7. The number of carbonyl (C=O) groups is 4. The summed E-state index contributed by atoms with van der Waals surface area (Å²) < 4.78 is 5.62. The fraction of sp³-hybridized carbons (Fsp3) is 0.895. The van der Waals surface area contributed by atoms with Gasteiger partial charge in [-0.05, 0) is 90.8 Å². The molecule has 0 fully saturated rings. The number of unbranched alkanes of at least 4 members (excludes halogenated alkanes) is 6. The number of hydrogen-bond acceptors (Lipinski definition) is 11. The number of carboxylic acid groups (broad SMARTS) is 3. The Labute approximate surface area is 333 Å². The van der Waals surface area contributed by atoms with E-state index in [4.69, 9.17) is 0 Å². The molecule has 0 amide bonds. The van der Waals surface area contributed by atoms with Gasteiger partial charge in [-0.15, -0.1) is 0 Å². The van der Waals surface area contributed by atoms with Crippen LogP contribution in [0.1, 0.15) is 151 Å². The molecule has 8 nitrogen and oxygen atoms in total. The minimum absolute atomic E-state index is 0.0655. The van der Waals surface area contributed by atoms with Crippen LogP contribution in [0.2, 0.25) is 4.44 Å². The molecular formula is C38H72O8S3Sn. The molecule has 0 heterocycles. The van der Waals surface area contributed by atoms with E-state index in [0.717, 1.165) is 39.4 Å². The Morgan fingerprint density at radius 1 is 0.500 bits per heavy atom. The summed E-state index contributed by atoms with van der Waals surface area (Å²) in [4.78, 5) is 40.7. The molecule has 0 radical (unpaired) electrons. The van der Waals surface area contributed by atoms with E-state index in [1.54, 1.807) is 35.3 Å². The van der Waals surface area contributed by atoms with Gasteiger partial charge in [0.05, 0.1) is 0 Å². The molecule has 0 bridgehead atoms. The molecule has 0 aliphatic heterocycles. The predicted octanol–water partition coefficient (Wildman–Crippen LogP) is 6.75. The fourth-order valence-corrected chi connectivity index (χ4v) is 7.26. The summed E-state index contributed by atoms with van der Waals surface area (Å²) in [6.45, 7) is 15.8. The predicted molar refractivity (Wildman–Crippen MR) is 213 cm³/mol. The molecule has 0 aromatic heterocycles. The van der Waals surface area contributed by atoms with Crippen LogP contribution >= 0.6 is 35.3 Å². The third-order valence-electron chi connectivity index (χ3n) is 6.70. The molecule has 0 aromatic rings. The molecule has 12 heteroatoms. The summed E-state index contributed by atoms with van der Waals surface area (Å²) in [6, 6.07) is 0. The van der Waals surface area contributed by atoms with Crippen molar-refractivity contribution in [1.82, 2.24) is 0 Å². The summed E-state index contributed by atoms with van der Waals surface area (Å²) in [5, 5.41) is 30.3. The van der Waals surface area contributed by atoms with Gasteiger partial charge in [0.25, 0.3) is 0 Å². The monoisotopic (exact) mass is 872 g/mol. The Hall–Kier alpha value is -0.271. The van der Waals surface area contributed by atoms with Gasteiger partial charge < -0.3 is 29.7 Å². The minimum atomic E-state index is -0.933. The number of ether oxygens (including phenoxy) is 1. The van der Waals surface area contributed by atoms with E-state index in [2.05, 4.69) is 46.3 Å². The van der Waals surface area contributed by atoms with Gasteiger partial charge in [0.15, 0.2) is 0 Å². The van der Waals surface area contributed by atoms with Crippen LogP contribution in [0.4, 0.5) is 0 Å². The Morgan fingerprint density at radius 3 is 1.02 bits per heavy atom.